The van der Waals surface area contributed by atoms with Gasteiger partial charge in [-0.2, -0.15) is 0 Å². The molecule has 0 amide bonds. The average molecular weight is 233 g/mol. The van der Waals surface area contributed by atoms with Gasteiger partial charge >= 0.3 is 0 Å². The zero-order valence-corrected chi connectivity index (χ0v) is 10.9. The Morgan fingerprint density at radius 1 is 1.35 bits per heavy atom. The predicted octanol–water partition coefficient (Wildman–Crippen LogP) is 2.87. The molecule has 0 spiro atoms. The number of pyridine rings is 1. The monoisotopic (exact) mass is 233 g/mol. The van der Waals surface area contributed by atoms with E-state index >= 15 is 0 Å². The van der Waals surface area contributed by atoms with E-state index in [9.17, 15) is 0 Å². The molecule has 3 heteroatoms. The Balaban J connectivity index is 2.20. The van der Waals surface area contributed by atoms with Crippen molar-refractivity contribution in [2.24, 2.45) is 5.73 Å². The maximum atomic E-state index is 6.02. The van der Waals surface area contributed by atoms with Gasteiger partial charge in [-0.3, -0.25) is 0 Å². The van der Waals surface area contributed by atoms with Gasteiger partial charge < -0.3 is 10.6 Å². The molecule has 1 saturated carbocycles. The van der Waals surface area contributed by atoms with Gasteiger partial charge in [0, 0.05) is 30.9 Å². The second kappa shape index (κ2) is 5.50. The van der Waals surface area contributed by atoms with Crippen LogP contribution in [-0.4, -0.2) is 18.1 Å². The maximum Gasteiger partial charge on any atom is 0.133 e. The smallest absolute Gasteiger partial charge is 0.133 e. The van der Waals surface area contributed by atoms with Gasteiger partial charge in [0.05, 0.1) is 0 Å². The van der Waals surface area contributed by atoms with Crippen molar-refractivity contribution in [3.05, 3.63) is 23.9 Å². The van der Waals surface area contributed by atoms with Crippen LogP contribution >= 0.6 is 0 Å². The standard InChI is InChI=1S/C14H23N3/c1-11(15)13-9-6-10-16-14(13)17(2)12-7-4-3-5-8-12/h6,9-12H,3-5,7-8,15H2,1-2H3/t11-/m0/s1. The molecule has 0 saturated heterocycles. The molecule has 0 radical (unpaired) electrons. The number of nitrogens with two attached hydrogens (primary N) is 1. The fourth-order valence-electron chi connectivity index (χ4n) is 2.70. The van der Waals surface area contributed by atoms with E-state index in [2.05, 4.69) is 23.0 Å². The van der Waals surface area contributed by atoms with Crippen molar-refractivity contribution >= 4 is 5.82 Å². The molecule has 0 unspecified atom stereocenters. The largest absolute Gasteiger partial charge is 0.356 e. The summed E-state index contributed by atoms with van der Waals surface area (Å²) in [4.78, 5) is 6.85. The number of aromatic nitrogens is 1. The molecule has 94 valence electrons. The van der Waals surface area contributed by atoms with E-state index in [0.717, 1.165) is 11.4 Å². The lowest BCUT2D eigenvalue weighted by molar-refractivity contribution is 0.425. The van der Waals surface area contributed by atoms with E-state index in [1.807, 2.05) is 19.2 Å². The summed E-state index contributed by atoms with van der Waals surface area (Å²) in [5, 5.41) is 0. The van der Waals surface area contributed by atoms with Crippen LogP contribution in [0.15, 0.2) is 18.3 Å². The van der Waals surface area contributed by atoms with Crippen molar-refractivity contribution in [1.29, 1.82) is 0 Å². The van der Waals surface area contributed by atoms with Crippen LogP contribution in [0.25, 0.3) is 0 Å². The molecule has 17 heavy (non-hydrogen) atoms. The molecule has 1 atom stereocenters. The zero-order chi connectivity index (χ0) is 12.3. The van der Waals surface area contributed by atoms with Crippen LogP contribution in [0, 0.1) is 0 Å². The third kappa shape index (κ3) is 2.78. The summed E-state index contributed by atoms with van der Waals surface area (Å²) in [5.74, 6) is 1.06. The second-order valence-electron chi connectivity index (χ2n) is 5.11. The summed E-state index contributed by atoms with van der Waals surface area (Å²) in [7, 11) is 2.16. The van der Waals surface area contributed by atoms with Gasteiger partial charge in [0.1, 0.15) is 5.82 Å². The van der Waals surface area contributed by atoms with E-state index in [1.165, 1.54) is 32.1 Å². The molecule has 1 aromatic rings. The topological polar surface area (TPSA) is 42.1 Å². The van der Waals surface area contributed by atoms with Gasteiger partial charge in [-0.15, -0.1) is 0 Å². The summed E-state index contributed by atoms with van der Waals surface area (Å²) in [6.07, 6.45) is 8.49. The van der Waals surface area contributed by atoms with Crippen LogP contribution in [0.5, 0.6) is 0 Å². The van der Waals surface area contributed by atoms with Crippen LogP contribution in [0.4, 0.5) is 5.82 Å². The van der Waals surface area contributed by atoms with Crippen molar-refractivity contribution in [3.63, 3.8) is 0 Å². The predicted molar refractivity (Wildman–Crippen MR) is 72.1 cm³/mol. The summed E-state index contributed by atoms with van der Waals surface area (Å²) < 4.78 is 0. The van der Waals surface area contributed by atoms with Gasteiger partial charge in [0.2, 0.25) is 0 Å². The van der Waals surface area contributed by atoms with E-state index in [4.69, 9.17) is 5.73 Å². The first-order chi connectivity index (χ1) is 8.20. The van der Waals surface area contributed by atoms with Crippen molar-refractivity contribution in [3.8, 4) is 0 Å². The van der Waals surface area contributed by atoms with Crippen LogP contribution in [0.2, 0.25) is 0 Å². The first-order valence-electron chi connectivity index (χ1n) is 6.63. The summed E-state index contributed by atoms with van der Waals surface area (Å²) in [6, 6.07) is 4.74. The summed E-state index contributed by atoms with van der Waals surface area (Å²) in [5.41, 5.74) is 7.17. The Morgan fingerprint density at radius 3 is 2.71 bits per heavy atom. The van der Waals surface area contributed by atoms with E-state index in [-0.39, 0.29) is 6.04 Å². The molecular formula is C14H23N3. The molecule has 2 N–H and O–H groups in total. The SMILES string of the molecule is C[C@H](N)c1cccnc1N(C)C1CCCCC1. The zero-order valence-electron chi connectivity index (χ0n) is 10.9. The number of hydrogen-bond donors (Lipinski definition) is 1. The second-order valence-corrected chi connectivity index (χ2v) is 5.11. The Bertz CT molecular complexity index is 356. The third-order valence-corrected chi connectivity index (χ3v) is 3.76. The molecular weight excluding hydrogens is 210 g/mol. The molecule has 2 rings (SSSR count). The van der Waals surface area contributed by atoms with E-state index in [1.54, 1.807) is 0 Å². The molecule has 1 heterocycles. The Kier molecular flexibility index (Phi) is 4.00. The molecule has 1 aromatic heterocycles. The molecule has 1 aliphatic carbocycles. The number of anilines is 1. The quantitative estimate of drug-likeness (QED) is 0.873. The first-order valence-corrected chi connectivity index (χ1v) is 6.63. The lowest BCUT2D eigenvalue weighted by Crippen LogP contribution is -2.35. The summed E-state index contributed by atoms with van der Waals surface area (Å²) >= 11 is 0. The van der Waals surface area contributed by atoms with Crippen LogP contribution in [0.3, 0.4) is 0 Å². The third-order valence-electron chi connectivity index (χ3n) is 3.76. The molecule has 1 aliphatic rings. The highest BCUT2D eigenvalue weighted by Crippen LogP contribution is 2.28. The van der Waals surface area contributed by atoms with Gasteiger partial charge in [0.25, 0.3) is 0 Å². The van der Waals surface area contributed by atoms with Crippen molar-refractivity contribution in [2.45, 2.75) is 51.1 Å². The highest BCUT2D eigenvalue weighted by atomic mass is 15.2. The Hall–Kier alpha value is -1.09. The lowest BCUT2D eigenvalue weighted by atomic mass is 9.94. The Labute approximate surface area is 104 Å². The molecule has 1 fully saturated rings. The van der Waals surface area contributed by atoms with Gasteiger partial charge in [0.15, 0.2) is 0 Å². The highest BCUT2D eigenvalue weighted by Gasteiger charge is 2.21. The van der Waals surface area contributed by atoms with Gasteiger partial charge in [-0.25, -0.2) is 4.98 Å². The van der Waals surface area contributed by atoms with E-state index < -0.39 is 0 Å². The molecule has 0 aliphatic heterocycles. The highest BCUT2D eigenvalue weighted by molar-refractivity contribution is 5.48. The fourth-order valence-corrected chi connectivity index (χ4v) is 2.70. The van der Waals surface area contributed by atoms with Crippen molar-refractivity contribution in [2.75, 3.05) is 11.9 Å². The lowest BCUT2D eigenvalue weighted by Gasteiger charge is -2.33. The van der Waals surface area contributed by atoms with Crippen molar-refractivity contribution in [1.82, 2.24) is 4.98 Å². The van der Waals surface area contributed by atoms with Gasteiger partial charge in [-0.05, 0) is 25.8 Å². The van der Waals surface area contributed by atoms with Crippen molar-refractivity contribution < 1.29 is 0 Å². The Morgan fingerprint density at radius 2 is 2.06 bits per heavy atom. The number of rotatable bonds is 3. The number of hydrogen-bond acceptors (Lipinski definition) is 3. The fraction of sp³-hybridized carbons (Fsp3) is 0.643. The minimum atomic E-state index is 0.0461. The first kappa shape index (κ1) is 12.4. The maximum absolute atomic E-state index is 6.02. The van der Waals surface area contributed by atoms with Crippen LogP contribution < -0.4 is 10.6 Å². The molecule has 0 aromatic carbocycles. The van der Waals surface area contributed by atoms with E-state index in [0.29, 0.717) is 6.04 Å². The van der Waals surface area contributed by atoms with Crippen LogP contribution in [-0.2, 0) is 0 Å². The minimum absolute atomic E-state index is 0.0461. The molecule has 3 nitrogen and oxygen atoms in total. The molecule has 0 bridgehead atoms. The minimum Gasteiger partial charge on any atom is -0.356 e. The van der Waals surface area contributed by atoms with Crippen LogP contribution in [0.1, 0.15) is 50.6 Å². The number of nitrogens with zero attached hydrogens (tertiary/aromatic N) is 2. The van der Waals surface area contributed by atoms with Gasteiger partial charge in [-0.1, -0.05) is 25.3 Å². The summed E-state index contributed by atoms with van der Waals surface area (Å²) in [6.45, 7) is 2.02. The normalized spacial score (nSPS) is 19.0. The average Bonchev–Trinajstić information content (AvgIpc) is 2.39.